The fraction of sp³-hybridized carbons (Fsp3) is 0.647. The van der Waals surface area contributed by atoms with Crippen LogP contribution in [0.2, 0.25) is 0 Å². The van der Waals surface area contributed by atoms with Crippen molar-refractivity contribution in [2.24, 2.45) is 5.92 Å². The first-order valence-corrected chi connectivity index (χ1v) is 7.89. The summed E-state index contributed by atoms with van der Waals surface area (Å²) < 4.78 is 10.9. The zero-order valence-electron chi connectivity index (χ0n) is 13.5. The molecule has 0 amide bonds. The molecule has 0 aliphatic carbocycles. The van der Waals surface area contributed by atoms with Gasteiger partial charge < -0.3 is 14.4 Å². The second-order valence-electron chi connectivity index (χ2n) is 6.06. The molecule has 118 valence electrons. The van der Waals surface area contributed by atoms with E-state index in [4.69, 9.17) is 9.47 Å². The lowest BCUT2D eigenvalue weighted by atomic mass is 10.2. The van der Waals surface area contributed by atoms with Crippen LogP contribution in [0.15, 0.2) is 24.3 Å². The van der Waals surface area contributed by atoms with Gasteiger partial charge in [-0.1, -0.05) is 13.8 Å². The second-order valence-corrected chi connectivity index (χ2v) is 6.06. The highest BCUT2D eigenvalue weighted by Crippen LogP contribution is 2.17. The SMILES string of the molecule is COc1ccc(OCCN2CCN(CC(C)C)CC2)cc1. The fourth-order valence-corrected chi connectivity index (χ4v) is 2.68. The first kappa shape index (κ1) is 16.1. The molecular formula is C17H28N2O2. The third-order valence-electron chi connectivity index (χ3n) is 3.82. The molecule has 1 aliphatic heterocycles. The van der Waals surface area contributed by atoms with Gasteiger partial charge in [0.2, 0.25) is 0 Å². The Hall–Kier alpha value is -1.26. The van der Waals surface area contributed by atoms with Gasteiger partial charge in [-0.2, -0.15) is 0 Å². The van der Waals surface area contributed by atoms with Gasteiger partial charge in [-0.05, 0) is 30.2 Å². The van der Waals surface area contributed by atoms with Crippen molar-refractivity contribution >= 4 is 0 Å². The van der Waals surface area contributed by atoms with Gasteiger partial charge in [0, 0.05) is 39.3 Å². The molecule has 2 rings (SSSR count). The number of ether oxygens (including phenoxy) is 2. The Morgan fingerprint density at radius 3 is 2.10 bits per heavy atom. The van der Waals surface area contributed by atoms with Gasteiger partial charge in [-0.15, -0.1) is 0 Å². The van der Waals surface area contributed by atoms with Crippen LogP contribution in [0.25, 0.3) is 0 Å². The summed E-state index contributed by atoms with van der Waals surface area (Å²) in [6.07, 6.45) is 0. The molecule has 1 aromatic carbocycles. The molecule has 21 heavy (non-hydrogen) atoms. The van der Waals surface area contributed by atoms with Crippen molar-refractivity contribution in [3.8, 4) is 11.5 Å². The molecule has 1 aliphatic rings. The molecule has 0 unspecified atom stereocenters. The number of hydrogen-bond donors (Lipinski definition) is 0. The van der Waals surface area contributed by atoms with E-state index in [1.54, 1.807) is 7.11 Å². The van der Waals surface area contributed by atoms with Crippen LogP contribution < -0.4 is 9.47 Å². The molecule has 0 N–H and O–H groups in total. The molecule has 1 heterocycles. The van der Waals surface area contributed by atoms with Crippen LogP contribution in [-0.4, -0.2) is 62.8 Å². The molecule has 1 saturated heterocycles. The van der Waals surface area contributed by atoms with Crippen LogP contribution in [0.5, 0.6) is 11.5 Å². The Bertz CT molecular complexity index is 398. The molecule has 0 saturated carbocycles. The molecule has 4 nitrogen and oxygen atoms in total. The Balaban J connectivity index is 1.63. The minimum Gasteiger partial charge on any atom is -0.497 e. The summed E-state index contributed by atoms with van der Waals surface area (Å²) in [7, 11) is 1.68. The van der Waals surface area contributed by atoms with Crippen LogP contribution >= 0.6 is 0 Å². The van der Waals surface area contributed by atoms with E-state index in [-0.39, 0.29) is 0 Å². The van der Waals surface area contributed by atoms with Gasteiger partial charge in [0.05, 0.1) is 7.11 Å². The highest BCUT2D eigenvalue weighted by Gasteiger charge is 2.16. The summed E-state index contributed by atoms with van der Waals surface area (Å²) >= 11 is 0. The minimum absolute atomic E-state index is 0.747. The summed E-state index contributed by atoms with van der Waals surface area (Å²) in [5, 5.41) is 0. The molecule has 0 aromatic heterocycles. The highest BCUT2D eigenvalue weighted by atomic mass is 16.5. The summed E-state index contributed by atoms with van der Waals surface area (Å²) in [6.45, 7) is 12.2. The van der Waals surface area contributed by atoms with Crippen LogP contribution in [-0.2, 0) is 0 Å². The minimum atomic E-state index is 0.747. The summed E-state index contributed by atoms with van der Waals surface area (Å²) in [5.41, 5.74) is 0. The van der Waals surface area contributed by atoms with Gasteiger partial charge in [-0.3, -0.25) is 4.90 Å². The van der Waals surface area contributed by atoms with E-state index < -0.39 is 0 Å². The number of methoxy groups -OCH3 is 1. The van der Waals surface area contributed by atoms with E-state index in [1.165, 1.54) is 19.6 Å². The number of nitrogens with zero attached hydrogens (tertiary/aromatic N) is 2. The van der Waals surface area contributed by atoms with Crippen LogP contribution in [0.1, 0.15) is 13.8 Å². The van der Waals surface area contributed by atoms with Crippen LogP contribution in [0.4, 0.5) is 0 Å². The highest BCUT2D eigenvalue weighted by molar-refractivity contribution is 5.31. The topological polar surface area (TPSA) is 24.9 Å². The maximum absolute atomic E-state index is 5.79. The third-order valence-corrected chi connectivity index (χ3v) is 3.82. The first-order chi connectivity index (χ1) is 10.2. The van der Waals surface area contributed by atoms with E-state index in [9.17, 15) is 0 Å². The lowest BCUT2D eigenvalue weighted by Gasteiger charge is -2.35. The Kier molecular flexibility index (Phi) is 6.33. The van der Waals surface area contributed by atoms with Gasteiger partial charge in [0.25, 0.3) is 0 Å². The van der Waals surface area contributed by atoms with Crippen molar-refractivity contribution in [1.82, 2.24) is 9.80 Å². The molecule has 4 heteroatoms. The fourth-order valence-electron chi connectivity index (χ4n) is 2.68. The van der Waals surface area contributed by atoms with Crippen LogP contribution in [0, 0.1) is 5.92 Å². The Morgan fingerprint density at radius 2 is 1.52 bits per heavy atom. The van der Waals surface area contributed by atoms with Crippen molar-refractivity contribution in [3.05, 3.63) is 24.3 Å². The van der Waals surface area contributed by atoms with Crippen LogP contribution in [0.3, 0.4) is 0 Å². The number of benzene rings is 1. The molecule has 0 atom stereocenters. The Labute approximate surface area is 128 Å². The summed E-state index contributed by atoms with van der Waals surface area (Å²) in [5.74, 6) is 2.54. The summed E-state index contributed by atoms with van der Waals surface area (Å²) in [6, 6.07) is 7.78. The van der Waals surface area contributed by atoms with E-state index >= 15 is 0 Å². The van der Waals surface area contributed by atoms with Gasteiger partial charge >= 0.3 is 0 Å². The van der Waals surface area contributed by atoms with Crippen molar-refractivity contribution in [2.75, 3.05) is 53.0 Å². The number of hydrogen-bond acceptors (Lipinski definition) is 4. The zero-order chi connectivity index (χ0) is 15.1. The maximum atomic E-state index is 5.79. The maximum Gasteiger partial charge on any atom is 0.119 e. The molecule has 1 aromatic rings. The number of rotatable bonds is 7. The normalized spacial score (nSPS) is 17.1. The van der Waals surface area contributed by atoms with Crippen molar-refractivity contribution in [1.29, 1.82) is 0 Å². The van der Waals surface area contributed by atoms with E-state index in [1.807, 2.05) is 24.3 Å². The lowest BCUT2D eigenvalue weighted by molar-refractivity contribution is 0.109. The van der Waals surface area contributed by atoms with E-state index in [0.29, 0.717) is 0 Å². The molecule has 0 radical (unpaired) electrons. The predicted octanol–water partition coefficient (Wildman–Crippen LogP) is 2.35. The standard InChI is InChI=1S/C17H28N2O2/c1-15(2)14-19-10-8-18(9-11-19)12-13-21-17-6-4-16(20-3)5-7-17/h4-7,15H,8-14H2,1-3H3. The monoisotopic (exact) mass is 292 g/mol. The van der Waals surface area contributed by atoms with E-state index in [0.717, 1.165) is 43.7 Å². The van der Waals surface area contributed by atoms with Crippen molar-refractivity contribution in [3.63, 3.8) is 0 Å². The zero-order valence-corrected chi connectivity index (χ0v) is 13.5. The third kappa shape index (κ3) is 5.56. The lowest BCUT2D eigenvalue weighted by Crippen LogP contribution is -2.48. The molecular weight excluding hydrogens is 264 g/mol. The summed E-state index contributed by atoms with van der Waals surface area (Å²) in [4.78, 5) is 5.05. The molecule has 1 fully saturated rings. The van der Waals surface area contributed by atoms with Crippen molar-refractivity contribution < 1.29 is 9.47 Å². The second kappa shape index (κ2) is 8.25. The van der Waals surface area contributed by atoms with Gasteiger partial charge in [0.15, 0.2) is 0 Å². The van der Waals surface area contributed by atoms with Gasteiger partial charge in [-0.25, -0.2) is 0 Å². The van der Waals surface area contributed by atoms with E-state index in [2.05, 4.69) is 23.6 Å². The first-order valence-electron chi connectivity index (χ1n) is 7.89. The van der Waals surface area contributed by atoms with Gasteiger partial charge in [0.1, 0.15) is 18.1 Å². The predicted molar refractivity (Wildman–Crippen MR) is 86.2 cm³/mol. The molecule has 0 spiro atoms. The largest absolute Gasteiger partial charge is 0.497 e. The van der Waals surface area contributed by atoms with Crippen molar-refractivity contribution in [2.45, 2.75) is 13.8 Å². The Morgan fingerprint density at radius 1 is 0.952 bits per heavy atom. The molecule has 0 bridgehead atoms. The average Bonchev–Trinajstić information content (AvgIpc) is 2.49. The smallest absolute Gasteiger partial charge is 0.119 e. The average molecular weight is 292 g/mol. The number of piperazine rings is 1. The quantitative estimate of drug-likeness (QED) is 0.770.